The second-order valence-corrected chi connectivity index (χ2v) is 5.07. The average Bonchev–Trinajstić information content (AvgIpc) is 2.54. The Morgan fingerprint density at radius 3 is 2.74 bits per heavy atom. The van der Waals surface area contributed by atoms with Crippen LogP contribution in [0, 0.1) is 12.7 Å². The molecule has 3 N–H and O–H groups in total. The van der Waals surface area contributed by atoms with Crippen LogP contribution in [-0.2, 0) is 9.53 Å². The molecule has 8 heteroatoms. The first-order chi connectivity index (χ1) is 10.6. The summed E-state index contributed by atoms with van der Waals surface area (Å²) in [7, 11) is 0. The summed E-state index contributed by atoms with van der Waals surface area (Å²) in [6.45, 7) is 3.93. The SMILES string of the molecule is Cc1ccc(C(=O)NCCNC(=O)C2CNCCO2)cc1F.Cl. The molecule has 1 fully saturated rings. The first kappa shape index (κ1) is 19.3. The minimum atomic E-state index is -0.490. The summed E-state index contributed by atoms with van der Waals surface area (Å²) in [5.74, 6) is -0.991. The van der Waals surface area contributed by atoms with Crippen LogP contribution in [0.5, 0.6) is 0 Å². The van der Waals surface area contributed by atoms with Crippen LogP contribution in [0.2, 0.25) is 0 Å². The molecule has 2 rings (SSSR count). The van der Waals surface area contributed by atoms with E-state index in [2.05, 4.69) is 16.0 Å². The fourth-order valence-corrected chi connectivity index (χ4v) is 2.05. The maximum Gasteiger partial charge on any atom is 0.251 e. The number of nitrogens with one attached hydrogen (secondary N) is 3. The molecule has 1 atom stereocenters. The van der Waals surface area contributed by atoms with Gasteiger partial charge in [0, 0.05) is 31.7 Å². The van der Waals surface area contributed by atoms with Crippen LogP contribution in [0.4, 0.5) is 4.39 Å². The molecule has 23 heavy (non-hydrogen) atoms. The number of rotatable bonds is 5. The Bertz CT molecular complexity index is 551. The minimum absolute atomic E-state index is 0. The molecule has 2 amide bonds. The van der Waals surface area contributed by atoms with E-state index in [1.807, 2.05) is 0 Å². The van der Waals surface area contributed by atoms with E-state index in [-0.39, 0.29) is 36.3 Å². The molecule has 1 aromatic carbocycles. The zero-order chi connectivity index (χ0) is 15.9. The lowest BCUT2D eigenvalue weighted by atomic mass is 10.1. The lowest BCUT2D eigenvalue weighted by Gasteiger charge is -2.22. The van der Waals surface area contributed by atoms with Crippen molar-refractivity contribution in [3.05, 3.63) is 35.1 Å². The fraction of sp³-hybridized carbons (Fsp3) is 0.467. The Balaban J connectivity index is 0.00000264. The third-order valence-corrected chi connectivity index (χ3v) is 3.36. The summed E-state index contributed by atoms with van der Waals surface area (Å²) < 4.78 is 18.7. The molecule has 1 aromatic rings. The topological polar surface area (TPSA) is 79.5 Å². The summed E-state index contributed by atoms with van der Waals surface area (Å²) in [5, 5.41) is 8.38. The van der Waals surface area contributed by atoms with Crippen molar-refractivity contribution in [1.82, 2.24) is 16.0 Å². The van der Waals surface area contributed by atoms with Gasteiger partial charge in [-0.2, -0.15) is 0 Å². The number of halogens is 2. The number of amides is 2. The largest absolute Gasteiger partial charge is 0.366 e. The smallest absolute Gasteiger partial charge is 0.251 e. The summed E-state index contributed by atoms with van der Waals surface area (Å²) in [4.78, 5) is 23.6. The number of morpholine rings is 1. The van der Waals surface area contributed by atoms with Gasteiger partial charge in [-0.3, -0.25) is 9.59 Å². The van der Waals surface area contributed by atoms with Crippen molar-refractivity contribution < 1.29 is 18.7 Å². The highest BCUT2D eigenvalue weighted by molar-refractivity contribution is 5.94. The molecule has 1 saturated heterocycles. The molecule has 1 aliphatic rings. The van der Waals surface area contributed by atoms with Crippen molar-refractivity contribution in [2.24, 2.45) is 0 Å². The van der Waals surface area contributed by atoms with Gasteiger partial charge in [-0.15, -0.1) is 12.4 Å². The maximum absolute atomic E-state index is 13.4. The number of hydrogen-bond donors (Lipinski definition) is 3. The van der Waals surface area contributed by atoms with Gasteiger partial charge in [0.1, 0.15) is 11.9 Å². The van der Waals surface area contributed by atoms with Gasteiger partial charge in [0.25, 0.3) is 11.8 Å². The van der Waals surface area contributed by atoms with E-state index in [1.165, 1.54) is 6.07 Å². The van der Waals surface area contributed by atoms with Crippen LogP contribution in [0.3, 0.4) is 0 Å². The van der Waals surface area contributed by atoms with E-state index < -0.39 is 11.9 Å². The Morgan fingerprint density at radius 2 is 2.09 bits per heavy atom. The van der Waals surface area contributed by atoms with Gasteiger partial charge in [0.05, 0.1) is 6.61 Å². The van der Waals surface area contributed by atoms with Gasteiger partial charge in [-0.25, -0.2) is 4.39 Å². The second kappa shape index (κ2) is 9.44. The third kappa shape index (κ3) is 5.78. The quantitative estimate of drug-likeness (QED) is 0.675. The van der Waals surface area contributed by atoms with Crippen LogP contribution < -0.4 is 16.0 Å². The van der Waals surface area contributed by atoms with Gasteiger partial charge in [0.2, 0.25) is 0 Å². The van der Waals surface area contributed by atoms with Crippen LogP contribution in [0.25, 0.3) is 0 Å². The Labute approximate surface area is 140 Å². The van der Waals surface area contributed by atoms with Crippen molar-refractivity contribution in [3.63, 3.8) is 0 Å². The summed E-state index contributed by atoms with van der Waals surface area (Å²) >= 11 is 0. The number of ether oxygens (including phenoxy) is 1. The fourth-order valence-electron chi connectivity index (χ4n) is 2.05. The molecular weight excluding hydrogens is 325 g/mol. The molecule has 1 aliphatic heterocycles. The van der Waals surface area contributed by atoms with E-state index >= 15 is 0 Å². The Kier molecular flexibility index (Phi) is 7.94. The first-order valence-corrected chi connectivity index (χ1v) is 7.22. The number of aryl methyl sites for hydroxylation is 1. The summed E-state index contributed by atoms with van der Waals surface area (Å²) in [6, 6.07) is 4.32. The second-order valence-electron chi connectivity index (χ2n) is 5.07. The van der Waals surface area contributed by atoms with Crippen molar-refractivity contribution in [3.8, 4) is 0 Å². The number of carbonyl (C=O) groups excluding carboxylic acids is 2. The van der Waals surface area contributed by atoms with Crippen molar-refractivity contribution in [2.45, 2.75) is 13.0 Å². The van der Waals surface area contributed by atoms with Crippen LogP contribution in [-0.4, -0.2) is 50.7 Å². The minimum Gasteiger partial charge on any atom is -0.366 e. The summed E-state index contributed by atoms with van der Waals surface area (Å²) in [6.07, 6.45) is -0.490. The molecule has 1 unspecified atom stereocenters. The van der Waals surface area contributed by atoms with Crippen LogP contribution in [0.15, 0.2) is 18.2 Å². The van der Waals surface area contributed by atoms with E-state index in [9.17, 15) is 14.0 Å². The van der Waals surface area contributed by atoms with Gasteiger partial charge in [-0.05, 0) is 24.6 Å². The monoisotopic (exact) mass is 345 g/mol. The zero-order valence-corrected chi connectivity index (χ0v) is 13.7. The molecule has 0 aliphatic carbocycles. The lowest BCUT2D eigenvalue weighted by Crippen LogP contribution is -2.49. The van der Waals surface area contributed by atoms with Gasteiger partial charge < -0.3 is 20.7 Å². The zero-order valence-electron chi connectivity index (χ0n) is 12.9. The Morgan fingerprint density at radius 1 is 1.35 bits per heavy atom. The molecule has 0 saturated carbocycles. The van der Waals surface area contributed by atoms with Crippen molar-refractivity contribution in [2.75, 3.05) is 32.8 Å². The van der Waals surface area contributed by atoms with Crippen LogP contribution in [0.1, 0.15) is 15.9 Å². The first-order valence-electron chi connectivity index (χ1n) is 7.22. The highest BCUT2D eigenvalue weighted by atomic mass is 35.5. The van der Waals surface area contributed by atoms with Crippen molar-refractivity contribution in [1.29, 1.82) is 0 Å². The molecule has 1 heterocycles. The summed E-state index contributed by atoms with van der Waals surface area (Å²) in [5.41, 5.74) is 0.749. The molecule has 0 radical (unpaired) electrons. The predicted molar refractivity (Wildman–Crippen MR) is 86.3 cm³/mol. The van der Waals surface area contributed by atoms with Crippen molar-refractivity contribution >= 4 is 24.2 Å². The highest BCUT2D eigenvalue weighted by Crippen LogP contribution is 2.08. The third-order valence-electron chi connectivity index (χ3n) is 3.36. The van der Waals surface area contributed by atoms with E-state index in [0.29, 0.717) is 25.3 Å². The molecule has 0 bridgehead atoms. The van der Waals surface area contributed by atoms with E-state index in [1.54, 1.807) is 19.1 Å². The number of carbonyl (C=O) groups is 2. The highest BCUT2D eigenvalue weighted by Gasteiger charge is 2.20. The maximum atomic E-state index is 13.4. The lowest BCUT2D eigenvalue weighted by molar-refractivity contribution is -0.134. The van der Waals surface area contributed by atoms with E-state index in [0.717, 1.165) is 6.54 Å². The van der Waals surface area contributed by atoms with E-state index in [4.69, 9.17) is 4.74 Å². The predicted octanol–water partition coefficient (Wildman–Crippen LogP) is 0.390. The average molecular weight is 346 g/mol. The molecule has 128 valence electrons. The molecule has 0 spiro atoms. The molecule has 6 nitrogen and oxygen atoms in total. The van der Waals surface area contributed by atoms with Gasteiger partial charge >= 0.3 is 0 Å². The van der Waals surface area contributed by atoms with Crippen LogP contribution >= 0.6 is 12.4 Å². The normalized spacial score (nSPS) is 17.0. The Hall–Kier alpha value is -1.70. The van der Waals surface area contributed by atoms with Gasteiger partial charge in [-0.1, -0.05) is 6.07 Å². The number of benzene rings is 1. The molecular formula is C15H21ClFN3O3. The molecule has 0 aromatic heterocycles. The standard InChI is InChI=1S/C15H20FN3O3.ClH/c1-10-2-3-11(8-12(10)16)14(20)18-4-5-19-15(21)13-9-17-6-7-22-13;/h2-3,8,13,17H,4-7,9H2,1H3,(H,18,20)(H,19,21);1H. The van der Waals surface area contributed by atoms with Gasteiger partial charge in [0.15, 0.2) is 0 Å². The number of hydrogen-bond acceptors (Lipinski definition) is 4.